The van der Waals surface area contributed by atoms with Crippen molar-refractivity contribution in [3.63, 3.8) is 0 Å². The maximum Gasteiger partial charge on any atom is 0.405 e. The molecule has 1 aromatic carbocycles. The second-order valence-electron chi connectivity index (χ2n) is 4.27. The van der Waals surface area contributed by atoms with Gasteiger partial charge in [0, 0.05) is 18.5 Å². The predicted octanol–water partition coefficient (Wildman–Crippen LogP) is 1.09. The van der Waals surface area contributed by atoms with Crippen molar-refractivity contribution in [2.24, 2.45) is 0 Å². The van der Waals surface area contributed by atoms with Crippen molar-refractivity contribution in [3.05, 3.63) is 30.6 Å². The van der Waals surface area contributed by atoms with E-state index in [0.29, 0.717) is 13.1 Å². The lowest BCUT2D eigenvalue weighted by atomic mass is 10.1. The van der Waals surface area contributed by atoms with Crippen LogP contribution in [0.5, 0.6) is 0 Å². The highest BCUT2D eigenvalue weighted by atomic mass is 16.4. The highest BCUT2D eigenvalue weighted by Crippen LogP contribution is 2.26. The Labute approximate surface area is 103 Å². The van der Waals surface area contributed by atoms with Crippen LogP contribution in [0.15, 0.2) is 30.6 Å². The van der Waals surface area contributed by atoms with E-state index < -0.39 is 6.09 Å². The fraction of sp³-hybridized carbons (Fsp3) is 0.250. The molecule has 18 heavy (non-hydrogen) atoms. The Balaban J connectivity index is 1.82. The van der Waals surface area contributed by atoms with Gasteiger partial charge in [-0.15, -0.1) is 0 Å². The van der Waals surface area contributed by atoms with Gasteiger partial charge in [-0.1, -0.05) is 12.1 Å². The van der Waals surface area contributed by atoms with Gasteiger partial charge < -0.3 is 15.3 Å². The van der Waals surface area contributed by atoms with E-state index in [1.165, 1.54) is 6.33 Å². The van der Waals surface area contributed by atoms with Gasteiger partial charge in [0.25, 0.3) is 0 Å². The molecule has 0 radical (unpaired) electrons. The van der Waals surface area contributed by atoms with Gasteiger partial charge in [0.1, 0.15) is 12.1 Å². The Morgan fingerprint density at radius 1 is 1.33 bits per heavy atom. The Morgan fingerprint density at radius 2 is 2.11 bits per heavy atom. The lowest BCUT2D eigenvalue weighted by Crippen LogP contribution is -2.59. The minimum atomic E-state index is -0.979. The summed E-state index contributed by atoms with van der Waals surface area (Å²) in [6.45, 7) is 1.29. The lowest BCUT2D eigenvalue weighted by Gasteiger charge is -2.40. The SMILES string of the molecule is O=C(O)NC1CN(c2ncnc3ccccc23)C1. The van der Waals surface area contributed by atoms with Gasteiger partial charge >= 0.3 is 6.09 Å². The summed E-state index contributed by atoms with van der Waals surface area (Å²) < 4.78 is 0. The van der Waals surface area contributed by atoms with Gasteiger partial charge in [0.15, 0.2) is 0 Å². The summed E-state index contributed by atoms with van der Waals surface area (Å²) >= 11 is 0. The monoisotopic (exact) mass is 244 g/mol. The number of para-hydroxylation sites is 1. The first-order valence-corrected chi connectivity index (χ1v) is 5.68. The summed E-state index contributed by atoms with van der Waals surface area (Å²) in [5.41, 5.74) is 0.900. The number of aromatic nitrogens is 2. The molecule has 1 fully saturated rings. The minimum absolute atomic E-state index is 0.0174. The van der Waals surface area contributed by atoms with E-state index in [1.807, 2.05) is 29.2 Å². The van der Waals surface area contributed by atoms with Crippen molar-refractivity contribution in [3.8, 4) is 0 Å². The Hall–Kier alpha value is -2.37. The topological polar surface area (TPSA) is 78.4 Å². The minimum Gasteiger partial charge on any atom is -0.465 e. The summed E-state index contributed by atoms with van der Waals surface area (Å²) in [7, 11) is 0. The number of carboxylic acid groups (broad SMARTS) is 1. The Kier molecular flexibility index (Phi) is 2.47. The predicted molar refractivity (Wildman–Crippen MR) is 66.7 cm³/mol. The maximum absolute atomic E-state index is 10.5. The molecule has 0 unspecified atom stereocenters. The molecule has 2 aromatic rings. The van der Waals surface area contributed by atoms with Crippen LogP contribution < -0.4 is 10.2 Å². The van der Waals surface area contributed by atoms with Crippen LogP contribution in [0.3, 0.4) is 0 Å². The van der Waals surface area contributed by atoms with Crippen LogP contribution in [0.4, 0.5) is 10.6 Å². The van der Waals surface area contributed by atoms with Crippen molar-refractivity contribution >= 4 is 22.8 Å². The van der Waals surface area contributed by atoms with Crippen LogP contribution in [0, 0.1) is 0 Å². The maximum atomic E-state index is 10.5. The van der Waals surface area contributed by atoms with E-state index in [9.17, 15) is 4.79 Å². The number of rotatable bonds is 2. The van der Waals surface area contributed by atoms with E-state index in [-0.39, 0.29) is 6.04 Å². The molecular formula is C12H12N4O2. The van der Waals surface area contributed by atoms with Crippen LogP contribution >= 0.6 is 0 Å². The number of fused-ring (bicyclic) bond motifs is 1. The van der Waals surface area contributed by atoms with Crippen LogP contribution in [0.1, 0.15) is 0 Å². The highest BCUT2D eigenvalue weighted by Gasteiger charge is 2.29. The van der Waals surface area contributed by atoms with Gasteiger partial charge in [-0.05, 0) is 12.1 Å². The molecule has 1 aliphatic rings. The zero-order chi connectivity index (χ0) is 12.5. The highest BCUT2D eigenvalue weighted by molar-refractivity contribution is 5.89. The van der Waals surface area contributed by atoms with E-state index in [1.54, 1.807) is 0 Å². The average Bonchev–Trinajstić information content (AvgIpc) is 2.32. The molecule has 2 heterocycles. The summed E-state index contributed by atoms with van der Waals surface area (Å²) in [4.78, 5) is 21.0. The molecule has 1 saturated heterocycles. The van der Waals surface area contributed by atoms with Crippen molar-refractivity contribution in [2.45, 2.75) is 6.04 Å². The second kappa shape index (κ2) is 4.14. The number of hydrogen-bond acceptors (Lipinski definition) is 4. The third-order valence-corrected chi connectivity index (χ3v) is 3.03. The number of hydrogen-bond donors (Lipinski definition) is 2. The molecule has 0 spiro atoms. The molecule has 3 rings (SSSR count). The molecule has 2 N–H and O–H groups in total. The zero-order valence-corrected chi connectivity index (χ0v) is 9.58. The van der Waals surface area contributed by atoms with Crippen molar-refractivity contribution in [2.75, 3.05) is 18.0 Å². The molecule has 0 saturated carbocycles. The number of anilines is 1. The van der Waals surface area contributed by atoms with Gasteiger partial charge in [0.05, 0.1) is 11.6 Å². The Morgan fingerprint density at radius 3 is 2.89 bits per heavy atom. The van der Waals surface area contributed by atoms with Crippen LogP contribution in [-0.4, -0.2) is 40.3 Å². The number of nitrogens with one attached hydrogen (secondary N) is 1. The zero-order valence-electron chi connectivity index (χ0n) is 9.58. The quantitative estimate of drug-likeness (QED) is 0.826. The molecule has 6 heteroatoms. The van der Waals surface area contributed by atoms with Crippen molar-refractivity contribution < 1.29 is 9.90 Å². The van der Waals surface area contributed by atoms with Crippen LogP contribution in [0.25, 0.3) is 10.9 Å². The van der Waals surface area contributed by atoms with Crippen LogP contribution in [0.2, 0.25) is 0 Å². The van der Waals surface area contributed by atoms with Gasteiger partial charge in [0.2, 0.25) is 0 Å². The summed E-state index contributed by atoms with van der Waals surface area (Å²) in [6.07, 6.45) is 0.558. The number of amides is 1. The molecule has 6 nitrogen and oxygen atoms in total. The molecule has 0 aliphatic carbocycles. The third-order valence-electron chi connectivity index (χ3n) is 3.03. The summed E-state index contributed by atoms with van der Waals surface area (Å²) in [5, 5.41) is 12.1. The second-order valence-corrected chi connectivity index (χ2v) is 4.27. The number of nitrogens with zero attached hydrogens (tertiary/aromatic N) is 3. The molecule has 1 aliphatic heterocycles. The first-order valence-electron chi connectivity index (χ1n) is 5.68. The van der Waals surface area contributed by atoms with Gasteiger partial charge in [-0.3, -0.25) is 0 Å². The molecule has 1 amide bonds. The molecule has 1 aromatic heterocycles. The fourth-order valence-electron chi connectivity index (χ4n) is 2.16. The first-order chi connectivity index (χ1) is 8.74. The number of benzene rings is 1. The summed E-state index contributed by atoms with van der Waals surface area (Å²) in [5.74, 6) is 0.865. The van der Waals surface area contributed by atoms with E-state index in [4.69, 9.17) is 5.11 Å². The first kappa shape index (κ1) is 10.8. The smallest absolute Gasteiger partial charge is 0.405 e. The van der Waals surface area contributed by atoms with Gasteiger partial charge in [-0.25, -0.2) is 14.8 Å². The summed E-state index contributed by atoms with van der Waals surface area (Å²) in [6, 6.07) is 7.78. The fourth-order valence-corrected chi connectivity index (χ4v) is 2.16. The normalized spacial score (nSPS) is 15.4. The van der Waals surface area contributed by atoms with Crippen molar-refractivity contribution in [1.82, 2.24) is 15.3 Å². The Bertz CT molecular complexity index is 590. The van der Waals surface area contributed by atoms with E-state index in [0.717, 1.165) is 16.7 Å². The average molecular weight is 244 g/mol. The molecular weight excluding hydrogens is 232 g/mol. The standard InChI is InChI=1S/C12H12N4O2/c17-12(18)15-8-5-16(6-8)11-9-3-1-2-4-10(9)13-7-14-11/h1-4,7-8,15H,5-6H2,(H,17,18). The van der Waals surface area contributed by atoms with Crippen molar-refractivity contribution in [1.29, 1.82) is 0 Å². The number of carbonyl (C=O) groups is 1. The third kappa shape index (κ3) is 1.81. The van der Waals surface area contributed by atoms with E-state index >= 15 is 0 Å². The molecule has 92 valence electrons. The van der Waals surface area contributed by atoms with Gasteiger partial charge in [-0.2, -0.15) is 0 Å². The lowest BCUT2D eigenvalue weighted by molar-refractivity contribution is 0.187. The molecule has 0 atom stereocenters. The largest absolute Gasteiger partial charge is 0.465 e. The van der Waals surface area contributed by atoms with E-state index in [2.05, 4.69) is 15.3 Å². The van der Waals surface area contributed by atoms with Crippen LogP contribution in [-0.2, 0) is 0 Å². The molecule has 0 bridgehead atoms.